The van der Waals surface area contributed by atoms with E-state index in [0.29, 0.717) is 24.2 Å². The Kier molecular flexibility index (Phi) is 5.69. The van der Waals surface area contributed by atoms with Crippen molar-refractivity contribution < 1.29 is 9.18 Å². The zero-order chi connectivity index (χ0) is 16.1. The number of nitrogens with zero attached hydrogens (tertiary/aromatic N) is 1. The molecule has 0 saturated heterocycles. The fraction of sp³-hybridized carbons (Fsp3) is 0.235. The molecule has 0 fully saturated rings. The maximum Gasteiger partial charge on any atom is 0.251 e. The van der Waals surface area contributed by atoms with Gasteiger partial charge in [0.15, 0.2) is 0 Å². The third-order valence-corrected chi connectivity index (χ3v) is 3.68. The minimum Gasteiger partial charge on any atom is -0.348 e. The van der Waals surface area contributed by atoms with E-state index in [9.17, 15) is 9.18 Å². The highest BCUT2D eigenvalue weighted by Gasteiger charge is 2.08. The minimum absolute atomic E-state index is 0.147. The van der Waals surface area contributed by atoms with Gasteiger partial charge in [0.2, 0.25) is 0 Å². The second kappa shape index (κ2) is 7.51. The Labute approximate surface area is 138 Å². The molecular formula is C17H18BrFN2O. The van der Waals surface area contributed by atoms with Gasteiger partial charge in [0.1, 0.15) is 5.82 Å². The van der Waals surface area contributed by atoms with Crippen LogP contribution in [0.2, 0.25) is 0 Å². The lowest BCUT2D eigenvalue weighted by Gasteiger charge is -2.12. The molecule has 0 aliphatic carbocycles. The molecule has 22 heavy (non-hydrogen) atoms. The van der Waals surface area contributed by atoms with Crippen molar-refractivity contribution in [2.24, 2.45) is 0 Å². The zero-order valence-corrected chi connectivity index (χ0v) is 14.2. The molecule has 2 aromatic rings. The van der Waals surface area contributed by atoms with Crippen LogP contribution in [0.3, 0.4) is 0 Å². The third kappa shape index (κ3) is 4.64. The second-order valence-corrected chi connectivity index (χ2v) is 6.27. The van der Waals surface area contributed by atoms with Gasteiger partial charge in [0.05, 0.1) is 0 Å². The molecule has 2 aromatic carbocycles. The monoisotopic (exact) mass is 364 g/mol. The summed E-state index contributed by atoms with van der Waals surface area (Å²) in [5.74, 6) is -0.373. The lowest BCUT2D eigenvalue weighted by Crippen LogP contribution is -2.23. The lowest BCUT2D eigenvalue weighted by molar-refractivity contribution is 0.0951. The van der Waals surface area contributed by atoms with Crippen molar-refractivity contribution in [2.45, 2.75) is 13.1 Å². The van der Waals surface area contributed by atoms with Crippen LogP contribution in [0, 0.1) is 5.82 Å². The van der Waals surface area contributed by atoms with E-state index < -0.39 is 0 Å². The number of hydrogen-bond donors (Lipinski definition) is 1. The molecule has 0 aromatic heterocycles. The summed E-state index contributed by atoms with van der Waals surface area (Å²) in [6.07, 6.45) is 0. The van der Waals surface area contributed by atoms with Crippen molar-refractivity contribution in [1.29, 1.82) is 0 Å². The number of carbonyl (C=O) groups excluding carboxylic acids is 1. The van der Waals surface area contributed by atoms with E-state index in [-0.39, 0.29) is 11.7 Å². The first-order valence-electron chi connectivity index (χ1n) is 6.91. The van der Waals surface area contributed by atoms with E-state index >= 15 is 0 Å². The number of rotatable bonds is 5. The van der Waals surface area contributed by atoms with Gasteiger partial charge in [-0.1, -0.05) is 22.0 Å². The first-order valence-corrected chi connectivity index (χ1v) is 7.71. The Balaban J connectivity index is 2.02. The molecule has 5 heteroatoms. The van der Waals surface area contributed by atoms with Gasteiger partial charge in [0, 0.05) is 28.7 Å². The first kappa shape index (κ1) is 16.6. The molecule has 1 amide bonds. The highest BCUT2D eigenvalue weighted by molar-refractivity contribution is 9.10. The van der Waals surface area contributed by atoms with Crippen LogP contribution in [0.25, 0.3) is 0 Å². The van der Waals surface area contributed by atoms with Crippen molar-refractivity contribution >= 4 is 21.8 Å². The molecule has 0 bridgehead atoms. The zero-order valence-electron chi connectivity index (χ0n) is 12.6. The Hall–Kier alpha value is -1.72. The van der Waals surface area contributed by atoms with Crippen molar-refractivity contribution in [3.8, 4) is 0 Å². The largest absolute Gasteiger partial charge is 0.348 e. The van der Waals surface area contributed by atoms with Crippen molar-refractivity contribution in [2.75, 3.05) is 14.1 Å². The van der Waals surface area contributed by atoms with Gasteiger partial charge in [-0.25, -0.2) is 4.39 Å². The topological polar surface area (TPSA) is 32.3 Å². The van der Waals surface area contributed by atoms with Gasteiger partial charge in [-0.05, 0) is 56.1 Å². The molecule has 116 valence electrons. The lowest BCUT2D eigenvalue weighted by atomic mass is 10.1. The fourth-order valence-corrected chi connectivity index (χ4v) is 2.35. The van der Waals surface area contributed by atoms with Crippen LogP contribution >= 0.6 is 15.9 Å². The highest BCUT2D eigenvalue weighted by Crippen LogP contribution is 2.13. The number of nitrogens with one attached hydrogen (secondary N) is 1. The van der Waals surface area contributed by atoms with Crippen LogP contribution in [0.1, 0.15) is 21.5 Å². The molecule has 0 aliphatic rings. The predicted molar refractivity (Wildman–Crippen MR) is 89.1 cm³/mol. The molecule has 0 heterocycles. The van der Waals surface area contributed by atoms with Crippen LogP contribution < -0.4 is 5.32 Å². The van der Waals surface area contributed by atoms with Crippen LogP contribution in [0.4, 0.5) is 4.39 Å². The number of carbonyl (C=O) groups is 1. The third-order valence-electron chi connectivity index (χ3n) is 3.16. The van der Waals surface area contributed by atoms with E-state index in [1.165, 1.54) is 6.07 Å². The van der Waals surface area contributed by atoms with Gasteiger partial charge in [-0.2, -0.15) is 0 Å². The molecule has 0 atom stereocenters. The van der Waals surface area contributed by atoms with Crippen LogP contribution in [-0.4, -0.2) is 24.9 Å². The van der Waals surface area contributed by atoms with Gasteiger partial charge in [-0.3, -0.25) is 4.79 Å². The normalized spacial score (nSPS) is 10.8. The molecule has 0 saturated carbocycles. The predicted octanol–water partition coefficient (Wildman–Crippen LogP) is 3.58. The fourth-order valence-electron chi connectivity index (χ4n) is 2.09. The molecule has 1 N–H and O–H groups in total. The van der Waals surface area contributed by atoms with Crippen LogP contribution in [0.15, 0.2) is 46.9 Å². The summed E-state index contributed by atoms with van der Waals surface area (Å²) >= 11 is 3.33. The van der Waals surface area contributed by atoms with Gasteiger partial charge in [0.25, 0.3) is 5.91 Å². The second-order valence-electron chi connectivity index (χ2n) is 5.35. The summed E-state index contributed by atoms with van der Waals surface area (Å²) < 4.78 is 14.6. The smallest absolute Gasteiger partial charge is 0.251 e. The Bertz CT molecular complexity index is 656. The van der Waals surface area contributed by atoms with Crippen molar-refractivity contribution in [3.63, 3.8) is 0 Å². The summed E-state index contributed by atoms with van der Waals surface area (Å²) in [6.45, 7) is 0.899. The number of hydrogen-bond acceptors (Lipinski definition) is 2. The van der Waals surface area contributed by atoms with Crippen molar-refractivity contribution in [3.05, 3.63) is 69.4 Å². The van der Waals surface area contributed by atoms with E-state index in [0.717, 1.165) is 10.0 Å². The first-order chi connectivity index (χ1) is 10.5. The molecule has 0 unspecified atom stereocenters. The van der Waals surface area contributed by atoms with Crippen LogP contribution in [-0.2, 0) is 13.1 Å². The van der Waals surface area contributed by atoms with E-state index in [2.05, 4.69) is 21.2 Å². The van der Waals surface area contributed by atoms with Crippen molar-refractivity contribution in [1.82, 2.24) is 10.2 Å². The van der Waals surface area contributed by atoms with E-state index in [1.54, 1.807) is 24.3 Å². The SMILES string of the molecule is CN(C)Cc1cc(CNC(=O)c2ccc(Br)cc2)ccc1F. The maximum absolute atomic E-state index is 13.7. The summed E-state index contributed by atoms with van der Waals surface area (Å²) in [4.78, 5) is 14.0. The van der Waals surface area contributed by atoms with Gasteiger partial charge >= 0.3 is 0 Å². The highest BCUT2D eigenvalue weighted by atomic mass is 79.9. The van der Waals surface area contributed by atoms with E-state index in [4.69, 9.17) is 0 Å². The minimum atomic E-state index is -0.225. The Morgan fingerprint density at radius 2 is 1.86 bits per heavy atom. The molecule has 2 rings (SSSR count). The molecule has 3 nitrogen and oxygen atoms in total. The average Bonchev–Trinajstić information content (AvgIpc) is 2.48. The maximum atomic E-state index is 13.7. The van der Waals surface area contributed by atoms with Gasteiger partial charge in [-0.15, -0.1) is 0 Å². The molecule has 0 spiro atoms. The standard InChI is InChI=1S/C17H18BrFN2O/c1-21(2)11-14-9-12(3-8-16(14)19)10-20-17(22)13-4-6-15(18)7-5-13/h3-9H,10-11H2,1-2H3,(H,20,22). The van der Waals surface area contributed by atoms with E-state index in [1.807, 2.05) is 31.1 Å². The number of halogens is 2. The summed E-state index contributed by atoms with van der Waals surface area (Å²) in [5, 5.41) is 2.84. The van der Waals surface area contributed by atoms with Crippen LogP contribution in [0.5, 0.6) is 0 Å². The molecule has 0 aliphatic heterocycles. The summed E-state index contributed by atoms with van der Waals surface area (Å²) in [5.41, 5.74) is 2.10. The quantitative estimate of drug-likeness (QED) is 0.879. The summed E-state index contributed by atoms with van der Waals surface area (Å²) in [7, 11) is 3.78. The number of amides is 1. The average molecular weight is 365 g/mol. The van der Waals surface area contributed by atoms with Gasteiger partial charge < -0.3 is 10.2 Å². The molecule has 0 radical (unpaired) electrons. The Morgan fingerprint density at radius 3 is 2.50 bits per heavy atom. The Morgan fingerprint density at radius 1 is 1.18 bits per heavy atom. The number of benzene rings is 2. The summed E-state index contributed by atoms with van der Waals surface area (Å²) in [6, 6.07) is 12.1. The molecular weight excluding hydrogens is 347 g/mol.